The SMILES string of the molecule is O=C(OCc1ccccc1C(F)(F)F)c1cc(-c2ccccc2)nc2ccccc12. The van der Waals surface area contributed by atoms with E-state index < -0.39 is 24.3 Å². The van der Waals surface area contributed by atoms with Crippen molar-refractivity contribution in [3.05, 3.63) is 102 Å². The maximum absolute atomic E-state index is 13.2. The number of fused-ring (bicyclic) bond motifs is 1. The summed E-state index contributed by atoms with van der Waals surface area (Å²) in [5.41, 5.74) is 1.34. The number of esters is 1. The molecule has 0 atom stereocenters. The van der Waals surface area contributed by atoms with E-state index >= 15 is 0 Å². The predicted molar refractivity (Wildman–Crippen MR) is 108 cm³/mol. The maximum Gasteiger partial charge on any atom is 0.416 e. The van der Waals surface area contributed by atoms with E-state index in [1.165, 1.54) is 18.2 Å². The van der Waals surface area contributed by atoms with Gasteiger partial charge in [0.25, 0.3) is 0 Å². The molecule has 0 amide bonds. The van der Waals surface area contributed by atoms with Crippen molar-refractivity contribution in [1.82, 2.24) is 4.98 Å². The molecule has 0 N–H and O–H groups in total. The van der Waals surface area contributed by atoms with Crippen molar-refractivity contribution < 1.29 is 22.7 Å². The van der Waals surface area contributed by atoms with Gasteiger partial charge in [0, 0.05) is 16.5 Å². The summed E-state index contributed by atoms with van der Waals surface area (Å²) in [6.07, 6.45) is -4.52. The monoisotopic (exact) mass is 407 g/mol. The van der Waals surface area contributed by atoms with Crippen molar-refractivity contribution in [1.29, 1.82) is 0 Å². The molecule has 0 bridgehead atoms. The van der Waals surface area contributed by atoms with Crippen LogP contribution in [0.1, 0.15) is 21.5 Å². The minimum absolute atomic E-state index is 0.0972. The number of pyridine rings is 1. The summed E-state index contributed by atoms with van der Waals surface area (Å²) in [7, 11) is 0. The Bertz CT molecular complexity index is 1200. The Hall–Kier alpha value is -3.67. The summed E-state index contributed by atoms with van der Waals surface area (Å²) in [5.74, 6) is -0.706. The number of para-hydroxylation sites is 1. The van der Waals surface area contributed by atoms with Crippen molar-refractivity contribution in [2.45, 2.75) is 12.8 Å². The van der Waals surface area contributed by atoms with Crippen LogP contribution in [0.15, 0.2) is 84.9 Å². The second kappa shape index (κ2) is 7.99. The van der Waals surface area contributed by atoms with E-state index in [0.717, 1.165) is 11.6 Å². The highest BCUT2D eigenvalue weighted by Gasteiger charge is 2.33. The second-order valence-electron chi connectivity index (χ2n) is 6.67. The molecule has 0 aliphatic carbocycles. The zero-order chi connectivity index (χ0) is 21.1. The van der Waals surface area contributed by atoms with Crippen LogP contribution in [0.25, 0.3) is 22.2 Å². The summed E-state index contributed by atoms with van der Waals surface area (Å²) in [6, 6.07) is 23.1. The third-order valence-electron chi connectivity index (χ3n) is 4.69. The Labute approximate surface area is 170 Å². The van der Waals surface area contributed by atoms with Crippen LogP contribution >= 0.6 is 0 Å². The first-order valence-electron chi connectivity index (χ1n) is 9.21. The molecule has 0 saturated heterocycles. The van der Waals surface area contributed by atoms with Gasteiger partial charge in [-0.25, -0.2) is 9.78 Å². The summed E-state index contributed by atoms with van der Waals surface area (Å²) in [5, 5.41) is 0.575. The number of benzene rings is 3. The van der Waals surface area contributed by atoms with E-state index in [0.29, 0.717) is 16.6 Å². The number of halogens is 3. The fraction of sp³-hybridized carbons (Fsp3) is 0.0833. The Balaban J connectivity index is 1.69. The number of rotatable bonds is 4. The minimum atomic E-state index is -4.52. The normalized spacial score (nSPS) is 11.4. The first kappa shape index (κ1) is 19.6. The Morgan fingerprint density at radius 3 is 2.30 bits per heavy atom. The lowest BCUT2D eigenvalue weighted by atomic mass is 10.0. The second-order valence-corrected chi connectivity index (χ2v) is 6.67. The molecule has 0 unspecified atom stereocenters. The van der Waals surface area contributed by atoms with Gasteiger partial charge in [-0.05, 0) is 18.2 Å². The van der Waals surface area contributed by atoms with Crippen LogP contribution in [0.5, 0.6) is 0 Å². The highest BCUT2D eigenvalue weighted by atomic mass is 19.4. The summed E-state index contributed by atoms with van der Waals surface area (Å²) in [6.45, 7) is -0.480. The lowest BCUT2D eigenvalue weighted by molar-refractivity contribution is -0.138. The van der Waals surface area contributed by atoms with Crippen molar-refractivity contribution in [3.63, 3.8) is 0 Å². The van der Waals surface area contributed by atoms with Gasteiger partial charge < -0.3 is 4.74 Å². The van der Waals surface area contributed by atoms with E-state index in [1.54, 1.807) is 30.3 Å². The van der Waals surface area contributed by atoms with E-state index in [2.05, 4.69) is 4.98 Å². The van der Waals surface area contributed by atoms with Crippen LogP contribution in [-0.4, -0.2) is 11.0 Å². The van der Waals surface area contributed by atoms with Gasteiger partial charge in [0.1, 0.15) is 6.61 Å². The van der Waals surface area contributed by atoms with Crippen LogP contribution in [0.4, 0.5) is 13.2 Å². The molecule has 0 aliphatic rings. The zero-order valence-electron chi connectivity index (χ0n) is 15.7. The van der Waals surface area contributed by atoms with E-state index in [-0.39, 0.29) is 11.1 Å². The zero-order valence-corrected chi connectivity index (χ0v) is 15.7. The van der Waals surface area contributed by atoms with Gasteiger partial charge >= 0.3 is 12.1 Å². The first-order valence-corrected chi connectivity index (χ1v) is 9.21. The molecule has 3 aromatic carbocycles. The maximum atomic E-state index is 13.2. The molecule has 30 heavy (non-hydrogen) atoms. The molecule has 0 saturated carbocycles. The molecule has 150 valence electrons. The van der Waals surface area contributed by atoms with E-state index in [4.69, 9.17) is 4.74 Å². The molecule has 3 nitrogen and oxygen atoms in total. The lowest BCUT2D eigenvalue weighted by Gasteiger charge is -2.14. The van der Waals surface area contributed by atoms with Crippen molar-refractivity contribution >= 4 is 16.9 Å². The highest BCUT2D eigenvalue weighted by Crippen LogP contribution is 2.32. The molecule has 0 fully saturated rings. The number of nitrogens with zero attached hydrogens (tertiary/aromatic N) is 1. The molecular formula is C24H16F3NO2. The van der Waals surface area contributed by atoms with Gasteiger partial charge in [-0.15, -0.1) is 0 Å². The first-order chi connectivity index (χ1) is 14.4. The Morgan fingerprint density at radius 2 is 1.53 bits per heavy atom. The number of hydrogen-bond acceptors (Lipinski definition) is 3. The lowest BCUT2D eigenvalue weighted by Crippen LogP contribution is -2.12. The average molecular weight is 407 g/mol. The summed E-state index contributed by atoms with van der Waals surface area (Å²) in [4.78, 5) is 17.4. The fourth-order valence-corrected chi connectivity index (χ4v) is 3.24. The van der Waals surface area contributed by atoms with Gasteiger partial charge in [0.05, 0.1) is 22.3 Å². The molecule has 1 aromatic heterocycles. The fourth-order valence-electron chi connectivity index (χ4n) is 3.24. The number of aromatic nitrogens is 1. The molecule has 6 heteroatoms. The third kappa shape index (κ3) is 4.03. The molecule has 4 aromatic rings. The van der Waals surface area contributed by atoms with Gasteiger partial charge in [-0.1, -0.05) is 66.7 Å². The average Bonchev–Trinajstić information content (AvgIpc) is 2.77. The van der Waals surface area contributed by atoms with Crippen LogP contribution in [0.3, 0.4) is 0 Å². The van der Waals surface area contributed by atoms with Crippen LogP contribution in [0.2, 0.25) is 0 Å². The van der Waals surface area contributed by atoms with Gasteiger partial charge in [0.15, 0.2) is 0 Å². The van der Waals surface area contributed by atoms with Crippen molar-refractivity contribution in [2.24, 2.45) is 0 Å². The number of carbonyl (C=O) groups is 1. The third-order valence-corrected chi connectivity index (χ3v) is 4.69. The highest BCUT2D eigenvalue weighted by molar-refractivity contribution is 6.04. The van der Waals surface area contributed by atoms with Crippen LogP contribution in [-0.2, 0) is 17.5 Å². The van der Waals surface area contributed by atoms with Crippen molar-refractivity contribution in [2.75, 3.05) is 0 Å². The molecule has 0 radical (unpaired) electrons. The van der Waals surface area contributed by atoms with Gasteiger partial charge in [-0.2, -0.15) is 13.2 Å². The Kier molecular flexibility index (Phi) is 5.23. The molecule has 0 spiro atoms. The number of alkyl halides is 3. The topological polar surface area (TPSA) is 39.2 Å². The molecular weight excluding hydrogens is 391 g/mol. The predicted octanol–water partition coefficient (Wildman–Crippen LogP) is 6.28. The molecule has 1 heterocycles. The quantitative estimate of drug-likeness (QED) is 0.374. The van der Waals surface area contributed by atoms with Crippen molar-refractivity contribution in [3.8, 4) is 11.3 Å². The van der Waals surface area contributed by atoms with Crippen LogP contribution in [0, 0.1) is 0 Å². The van der Waals surface area contributed by atoms with Gasteiger partial charge in [0.2, 0.25) is 0 Å². The van der Waals surface area contributed by atoms with E-state index in [9.17, 15) is 18.0 Å². The summed E-state index contributed by atoms with van der Waals surface area (Å²) < 4.78 is 44.9. The Morgan fingerprint density at radius 1 is 0.867 bits per heavy atom. The number of hydrogen-bond donors (Lipinski definition) is 0. The molecule has 4 rings (SSSR count). The standard InChI is InChI=1S/C24H16F3NO2/c25-24(26,27)20-12-6-4-10-17(20)15-30-23(29)19-14-22(16-8-2-1-3-9-16)28-21-13-7-5-11-18(19)21/h1-14H,15H2. The van der Waals surface area contributed by atoms with E-state index in [1.807, 2.05) is 30.3 Å². The van der Waals surface area contributed by atoms with Gasteiger partial charge in [-0.3, -0.25) is 0 Å². The number of carbonyl (C=O) groups excluding carboxylic acids is 1. The number of ether oxygens (including phenoxy) is 1. The van der Waals surface area contributed by atoms with Crippen LogP contribution < -0.4 is 0 Å². The summed E-state index contributed by atoms with van der Waals surface area (Å²) >= 11 is 0. The largest absolute Gasteiger partial charge is 0.457 e. The smallest absolute Gasteiger partial charge is 0.416 e. The molecule has 0 aliphatic heterocycles. The minimum Gasteiger partial charge on any atom is -0.457 e.